The summed E-state index contributed by atoms with van der Waals surface area (Å²) in [4.78, 5) is 16.8. The fourth-order valence-electron chi connectivity index (χ4n) is 5.39. The van der Waals surface area contributed by atoms with Crippen LogP contribution in [0, 0.1) is 28.1 Å². The molecule has 9 heteroatoms. The van der Waals surface area contributed by atoms with Crippen LogP contribution in [0.2, 0.25) is 0 Å². The maximum absolute atomic E-state index is 13.5. The molecule has 3 aliphatic rings. The van der Waals surface area contributed by atoms with E-state index in [1.807, 2.05) is 16.7 Å². The number of piperidine rings is 1. The summed E-state index contributed by atoms with van der Waals surface area (Å²) in [5, 5.41) is 9.13. The molecule has 4 rings (SSSR count). The first-order chi connectivity index (χ1) is 16.1. The predicted molar refractivity (Wildman–Crippen MR) is 120 cm³/mol. The standard InChI is InChI=1S/C25H32F3N3O3/c1-23(5-6-23)22(32)30-9-7-24(8-10-30)17-31(15-19(24)16-34-12-11-33-2)20-4-3-18(14-29)21(13-20)25(26,27)28/h3-4,13,19H,5-12,15-17H2,1-2H3. The summed E-state index contributed by atoms with van der Waals surface area (Å²) in [6, 6.07) is 5.59. The third-order valence-corrected chi connectivity index (χ3v) is 7.92. The Morgan fingerprint density at radius 1 is 1.21 bits per heavy atom. The number of methoxy groups -OCH3 is 1. The molecule has 2 heterocycles. The van der Waals surface area contributed by atoms with E-state index in [4.69, 9.17) is 14.7 Å². The van der Waals surface area contributed by atoms with E-state index in [1.165, 1.54) is 6.07 Å². The summed E-state index contributed by atoms with van der Waals surface area (Å²) in [6.07, 6.45) is -1.11. The summed E-state index contributed by atoms with van der Waals surface area (Å²) in [7, 11) is 1.61. The molecule has 6 nitrogen and oxygen atoms in total. The van der Waals surface area contributed by atoms with Crippen LogP contribution in [-0.2, 0) is 20.4 Å². The minimum Gasteiger partial charge on any atom is -0.382 e. The number of carbonyl (C=O) groups excluding carboxylic acids is 1. The van der Waals surface area contributed by atoms with Gasteiger partial charge in [0.25, 0.3) is 0 Å². The monoisotopic (exact) mass is 479 g/mol. The van der Waals surface area contributed by atoms with Crippen LogP contribution in [-0.4, -0.2) is 63.9 Å². The van der Waals surface area contributed by atoms with Crippen LogP contribution >= 0.6 is 0 Å². The molecule has 1 aliphatic carbocycles. The molecule has 2 saturated heterocycles. The Bertz CT molecular complexity index is 947. The van der Waals surface area contributed by atoms with Crippen LogP contribution < -0.4 is 4.90 Å². The van der Waals surface area contributed by atoms with Gasteiger partial charge in [0.05, 0.1) is 37.0 Å². The number of anilines is 1. The summed E-state index contributed by atoms with van der Waals surface area (Å²) < 4.78 is 51.6. The number of alkyl halides is 3. The molecule has 1 spiro atoms. The van der Waals surface area contributed by atoms with Gasteiger partial charge in [-0.2, -0.15) is 18.4 Å². The van der Waals surface area contributed by atoms with Crippen LogP contribution in [0.1, 0.15) is 43.7 Å². The van der Waals surface area contributed by atoms with Crippen molar-refractivity contribution in [1.82, 2.24) is 4.90 Å². The molecule has 0 N–H and O–H groups in total. The molecular formula is C25H32F3N3O3. The zero-order chi connectivity index (χ0) is 24.6. The molecule has 1 unspecified atom stereocenters. The largest absolute Gasteiger partial charge is 0.417 e. The normalized spacial score (nSPS) is 23.2. The highest BCUT2D eigenvalue weighted by Crippen LogP contribution is 2.50. The van der Waals surface area contributed by atoms with Gasteiger partial charge < -0.3 is 19.3 Å². The van der Waals surface area contributed by atoms with E-state index in [0.29, 0.717) is 51.7 Å². The van der Waals surface area contributed by atoms with Crippen molar-refractivity contribution in [3.63, 3.8) is 0 Å². The average molecular weight is 480 g/mol. The zero-order valence-corrected chi connectivity index (χ0v) is 19.8. The highest BCUT2D eigenvalue weighted by Gasteiger charge is 2.52. The maximum atomic E-state index is 13.5. The molecule has 1 aromatic rings. The Balaban J connectivity index is 1.53. The highest BCUT2D eigenvalue weighted by atomic mass is 19.4. The van der Waals surface area contributed by atoms with Crippen molar-refractivity contribution in [2.24, 2.45) is 16.7 Å². The van der Waals surface area contributed by atoms with Gasteiger partial charge in [-0.1, -0.05) is 6.92 Å². The number of ether oxygens (including phenoxy) is 2. The van der Waals surface area contributed by atoms with Crippen LogP contribution in [0.25, 0.3) is 0 Å². The summed E-state index contributed by atoms with van der Waals surface area (Å²) >= 11 is 0. The topological polar surface area (TPSA) is 65.8 Å². The van der Waals surface area contributed by atoms with Gasteiger partial charge in [0.2, 0.25) is 5.91 Å². The van der Waals surface area contributed by atoms with E-state index in [1.54, 1.807) is 19.2 Å². The molecule has 34 heavy (non-hydrogen) atoms. The molecule has 1 amide bonds. The number of halogens is 3. The molecule has 0 aromatic heterocycles. The lowest BCUT2D eigenvalue weighted by atomic mass is 9.71. The highest BCUT2D eigenvalue weighted by molar-refractivity contribution is 5.85. The maximum Gasteiger partial charge on any atom is 0.417 e. The molecule has 186 valence electrons. The van der Waals surface area contributed by atoms with Crippen LogP contribution in [0.3, 0.4) is 0 Å². The van der Waals surface area contributed by atoms with Crippen molar-refractivity contribution in [3.8, 4) is 6.07 Å². The first-order valence-electron chi connectivity index (χ1n) is 11.8. The average Bonchev–Trinajstić information content (AvgIpc) is 3.48. The minimum atomic E-state index is -4.59. The van der Waals surface area contributed by atoms with Gasteiger partial charge in [0.1, 0.15) is 0 Å². The van der Waals surface area contributed by atoms with E-state index in [-0.39, 0.29) is 28.2 Å². The van der Waals surface area contributed by atoms with Crippen molar-refractivity contribution < 1.29 is 27.4 Å². The predicted octanol–water partition coefficient (Wildman–Crippen LogP) is 4.09. The third kappa shape index (κ3) is 4.89. The second-order valence-electron chi connectivity index (χ2n) is 10.2. The molecule has 1 aromatic carbocycles. The Hall–Kier alpha value is -2.31. The van der Waals surface area contributed by atoms with Crippen LogP contribution in [0.5, 0.6) is 0 Å². The molecule has 0 bridgehead atoms. The fourth-order valence-corrected chi connectivity index (χ4v) is 5.39. The van der Waals surface area contributed by atoms with E-state index < -0.39 is 11.7 Å². The quantitative estimate of drug-likeness (QED) is 0.552. The number of benzene rings is 1. The lowest BCUT2D eigenvalue weighted by Crippen LogP contribution is -2.48. The number of amides is 1. The molecule has 1 saturated carbocycles. The van der Waals surface area contributed by atoms with E-state index in [2.05, 4.69) is 0 Å². The second-order valence-corrected chi connectivity index (χ2v) is 10.2. The number of likely N-dealkylation sites (tertiary alicyclic amines) is 1. The van der Waals surface area contributed by atoms with Gasteiger partial charge in [-0.05, 0) is 49.3 Å². The Morgan fingerprint density at radius 3 is 2.50 bits per heavy atom. The van der Waals surface area contributed by atoms with Gasteiger partial charge in [0, 0.05) is 50.3 Å². The van der Waals surface area contributed by atoms with Gasteiger partial charge in [-0.25, -0.2) is 0 Å². The van der Waals surface area contributed by atoms with Crippen LogP contribution in [0.15, 0.2) is 18.2 Å². The summed E-state index contributed by atoms with van der Waals surface area (Å²) in [5.41, 5.74) is -1.15. The van der Waals surface area contributed by atoms with E-state index in [9.17, 15) is 18.0 Å². The number of hydrogen-bond donors (Lipinski definition) is 0. The lowest BCUT2D eigenvalue weighted by Gasteiger charge is -2.43. The second kappa shape index (κ2) is 9.38. The first-order valence-corrected chi connectivity index (χ1v) is 11.8. The zero-order valence-electron chi connectivity index (χ0n) is 19.8. The van der Waals surface area contributed by atoms with Gasteiger partial charge in [-0.15, -0.1) is 0 Å². The van der Waals surface area contributed by atoms with Gasteiger partial charge >= 0.3 is 6.18 Å². The number of rotatable bonds is 7. The van der Waals surface area contributed by atoms with Gasteiger partial charge in [-0.3, -0.25) is 4.79 Å². The number of carbonyl (C=O) groups is 1. The van der Waals surface area contributed by atoms with Crippen molar-refractivity contribution in [1.29, 1.82) is 5.26 Å². The molecule has 1 atom stereocenters. The molecular weight excluding hydrogens is 447 g/mol. The Morgan fingerprint density at radius 2 is 1.91 bits per heavy atom. The van der Waals surface area contributed by atoms with Crippen molar-refractivity contribution in [2.75, 3.05) is 58.0 Å². The van der Waals surface area contributed by atoms with E-state index in [0.717, 1.165) is 31.7 Å². The molecule has 3 fully saturated rings. The fraction of sp³-hybridized carbons (Fsp3) is 0.680. The number of nitrogens with zero attached hydrogens (tertiary/aromatic N) is 3. The summed E-state index contributed by atoms with van der Waals surface area (Å²) in [5.74, 6) is 0.357. The smallest absolute Gasteiger partial charge is 0.382 e. The Kier molecular flexibility index (Phi) is 6.85. The van der Waals surface area contributed by atoms with E-state index >= 15 is 0 Å². The van der Waals surface area contributed by atoms with Crippen molar-refractivity contribution in [2.45, 2.75) is 38.8 Å². The molecule has 0 radical (unpaired) electrons. The minimum absolute atomic E-state index is 0.128. The van der Waals surface area contributed by atoms with Gasteiger partial charge in [0.15, 0.2) is 0 Å². The lowest BCUT2D eigenvalue weighted by molar-refractivity contribution is -0.139. The number of nitriles is 1. The Labute approximate surface area is 198 Å². The van der Waals surface area contributed by atoms with Crippen molar-refractivity contribution >= 4 is 11.6 Å². The van der Waals surface area contributed by atoms with Crippen molar-refractivity contribution in [3.05, 3.63) is 29.3 Å². The third-order valence-electron chi connectivity index (χ3n) is 7.92. The molecule has 2 aliphatic heterocycles. The first kappa shape index (κ1) is 24.8. The van der Waals surface area contributed by atoms with Crippen LogP contribution in [0.4, 0.5) is 18.9 Å². The SMILES string of the molecule is COCCOCC1CN(c2ccc(C#N)c(C(F)(F)F)c2)CC12CCN(C(=O)C1(C)CC1)CC2. The summed E-state index contributed by atoms with van der Waals surface area (Å²) in [6.45, 7) is 5.96. The number of hydrogen-bond acceptors (Lipinski definition) is 5.